The van der Waals surface area contributed by atoms with Crippen LogP contribution in [0.2, 0.25) is 0 Å². The number of amides is 1. The standard InChI is InChI=1S/C12H11N3O2S.C2H2O4/c13-6-9-3-5-18-12(9)15-11(16)8-14-7-10-2-1-4-17-10;3-1(4)2(5)6/h1-5,14H,7-8H2,(H,15,16);(H,3,4)(H,5,6). The molecule has 0 radical (unpaired) electrons. The van der Waals surface area contributed by atoms with Crippen molar-refractivity contribution in [1.29, 1.82) is 5.26 Å². The molecule has 10 heteroatoms. The molecule has 126 valence electrons. The van der Waals surface area contributed by atoms with Crippen LogP contribution in [0, 0.1) is 11.3 Å². The summed E-state index contributed by atoms with van der Waals surface area (Å²) in [5.74, 6) is -3.05. The van der Waals surface area contributed by atoms with Gasteiger partial charge >= 0.3 is 11.9 Å². The molecular weight excluding hydrogens is 338 g/mol. The van der Waals surface area contributed by atoms with E-state index in [0.717, 1.165) is 5.76 Å². The van der Waals surface area contributed by atoms with E-state index in [1.54, 1.807) is 23.8 Å². The fourth-order valence-corrected chi connectivity index (χ4v) is 2.13. The van der Waals surface area contributed by atoms with Crippen molar-refractivity contribution in [2.45, 2.75) is 6.54 Å². The quantitative estimate of drug-likeness (QED) is 0.584. The smallest absolute Gasteiger partial charge is 0.414 e. The van der Waals surface area contributed by atoms with E-state index >= 15 is 0 Å². The van der Waals surface area contributed by atoms with Crippen LogP contribution in [0.15, 0.2) is 34.3 Å². The number of aliphatic carboxylic acids is 2. The summed E-state index contributed by atoms with van der Waals surface area (Å²) >= 11 is 1.33. The number of thiophene rings is 1. The van der Waals surface area contributed by atoms with Gasteiger partial charge < -0.3 is 25.3 Å². The lowest BCUT2D eigenvalue weighted by Gasteiger charge is -2.04. The third kappa shape index (κ3) is 6.73. The molecule has 0 saturated heterocycles. The van der Waals surface area contributed by atoms with Crippen molar-refractivity contribution in [2.75, 3.05) is 11.9 Å². The highest BCUT2D eigenvalue weighted by Gasteiger charge is 2.07. The number of rotatable bonds is 5. The molecule has 0 spiro atoms. The average molecular weight is 351 g/mol. The SMILES string of the molecule is N#Cc1ccsc1NC(=O)CNCc1ccco1.O=C(O)C(=O)O. The van der Waals surface area contributed by atoms with Gasteiger partial charge in [0.15, 0.2) is 0 Å². The Morgan fingerprint density at radius 1 is 1.25 bits per heavy atom. The predicted octanol–water partition coefficient (Wildman–Crippen LogP) is 1.10. The van der Waals surface area contributed by atoms with E-state index in [1.165, 1.54) is 11.3 Å². The molecule has 24 heavy (non-hydrogen) atoms. The molecule has 0 unspecified atom stereocenters. The summed E-state index contributed by atoms with van der Waals surface area (Å²) < 4.78 is 5.12. The van der Waals surface area contributed by atoms with Gasteiger partial charge in [-0.2, -0.15) is 5.26 Å². The van der Waals surface area contributed by atoms with Gasteiger partial charge in [0.25, 0.3) is 0 Å². The maximum atomic E-state index is 11.6. The number of carboxylic acid groups (broad SMARTS) is 2. The van der Waals surface area contributed by atoms with Gasteiger partial charge in [0, 0.05) is 0 Å². The topological polar surface area (TPSA) is 153 Å². The summed E-state index contributed by atoms with van der Waals surface area (Å²) in [6, 6.07) is 7.32. The molecule has 0 saturated carbocycles. The van der Waals surface area contributed by atoms with Crippen molar-refractivity contribution in [1.82, 2.24) is 5.32 Å². The monoisotopic (exact) mass is 351 g/mol. The van der Waals surface area contributed by atoms with Crippen molar-refractivity contribution < 1.29 is 29.0 Å². The van der Waals surface area contributed by atoms with Crippen LogP contribution < -0.4 is 10.6 Å². The van der Waals surface area contributed by atoms with E-state index in [2.05, 4.69) is 10.6 Å². The first kappa shape index (κ1) is 18.9. The highest BCUT2D eigenvalue weighted by Crippen LogP contribution is 2.21. The zero-order valence-electron chi connectivity index (χ0n) is 12.2. The largest absolute Gasteiger partial charge is 0.473 e. The summed E-state index contributed by atoms with van der Waals surface area (Å²) in [5.41, 5.74) is 0.486. The number of carbonyl (C=O) groups is 3. The minimum Gasteiger partial charge on any atom is -0.473 e. The number of furan rings is 1. The molecule has 2 rings (SSSR count). The van der Waals surface area contributed by atoms with Crippen LogP contribution in [0.1, 0.15) is 11.3 Å². The average Bonchev–Trinajstić information content (AvgIpc) is 3.19. The summed E-state index contributed by atoms with van der Waals surface area (Å²) in [5, 5.41) is 31.6. The first-order valence-corrected chi connectivity index (χ1v) is 7.28. The molecule has 0 aliphatic heterocycles. The van der Waals surface area contributed by atoms with E-state index < -0.39 is 11.9 Å². The normalized spacial score (nSPS) is 9.29. The van der Waals surface area contributed by atoms with E-state index in [1.807, 2.05) is 12.1 Å². The van der Waals surface area contributed by atoms with E-state index in [-0.39, 0.29) is 12.5 Å². The van der Waals surface area contributed by atoms with E-state index in [4.69, 9.17) is 29.5 Å². The van der Waals surface area contributed by atoms with E-state index in [0.29, 0.717) is 17.1 Å². The Bertz CT molecular complexity index is 720. The number of hydrogen-bond donors (Lipinski definition) is 4. The lowest BCUT2D eigenvalue weighted by atomic mass is 10.3. The molecule has 0 fully saturated rings. The lowest BCUT2D eigenvalue weighted by Crippen LogP contribution is -2.27. The molecule has 0 aliphatic carbocycles. The molecule has 2 aromatic heterocycles. The van der Waals surface area contributed by atoms with Gasteiger partial charge in [-0.25, -0.2) is 9.59 Å². The number of carboxylic acids is 2. The van der Waals surface area contributed by atoms with Crippen LogP contribution in [-0.4, -0.2) is 34.6 Å². The van der Waals surface area contributed by atoms with Gasteiger partial charge in [-0.3, -0.25) is 4.79 Å². The Kier molecular flexibility index (Phi) is 7.69. The van der Waals surface area contributed by atoms with Gasteiger partial charge in [-0.1, -0.05) is 0 Å². The third-order valence-electron chi connectivity index (χ3n) is 2.39. The number of hydrogen-bond acceptors (Lipinski definition) is 7. The van der Waals surface area contributed by atoms with Crippen molar-refractivity contribution in [3.63, 3.8) is 0 Å². The lowest BCUT2D eigenvalue weighted by molar-refractivity contribution is -0.159. The molecule has 9 nitrogen and oxygen atoms in total. The highest BCUT2D eigenvalue weighted by atomic mass is 32.1. The van der Waals surface area contributed by atoms with Gasteiger partial charge in [-0.15, -0.1) is 11.3 Å². The number of nitrogens with one attached hydrogen (secondary N) is 2. The second kappa shape index (κ2) is 9.78. The summed E-state index contributed by atoms with van der Waals surface area (Å²) in [6.07, 6.45) is 1.59. The molecule has 4 N–H and O–H groups in total. The Morgan fingerprint density at radius 2 is 1.96 bits per heavy atom. The summed E-state index contributed by atoms with van der Waals surface area (Å²) in [4.78, 5) is 29.8. The zero-order valence-corrected chi connectivity index (χ0v) is 13.0. The molecule has 1 amide bonds. The summed E-state index contributed by atoms with van der Waals surface area (Å²) in [7, 11) is 0. The first-order chi connectivity index (χ1) is 11.4. The number of nitrogens with zero attached hydrogens (tertiary/aromatic N) is 1. The Balaban J connectivity index is 0.000000413. The molecule has 2 heterocycles. The predicted molar refractivity (Wildman–Crippen MR) is 83.4 cm³/mol. The van der Waals surface area contributed by atoms with Crippen molar-refractivity contribution in [3.05, 3.63) is 41.2 Å². The molecule has 0 aliphatic rings. The zero-order chi connectivity index (χ0) is 17.9. The summed E-state index contributed by atoms with van der Waals surface area (Å²) in [6.45, 7) is 0.666. The minimum absolute atomic E-state index is 0.170. The third-order valence-corrected chi connectivity index (χ3v) is 3.22. The van der Waals surface area contributed by atoms with Gasteiger partial charge in [0.2, 0.25) is 5.91 Å². The van der Waals surface area contributed by atoms with Crippen LogP contribution in [0.25, 0.3) is 0 Å². The minimum atomic E-state index is -1.82. The van der Waals surface area contributed by atoms with Crippen molar-refractivity contribution in [2.24, 2.45) is 0 Å². The van der Waals surface area contributed by atoms with Crippen molar-refractivity contribution >= 4 is 34.2 Å². The van der Waals surface area contributed by atoms with Crippen LogP contribution >= 0.6 is 11.3 Å². The number of anilines is 1. The second-order valence-electron chi connectivity index (χ2n) is 4.12. The second-order valence-corrected chi connectivity index (χ2v) is 5.03. The van der Waals surface area contributed by atoms with E-state index in [9.17, 15) is 4.79 Å². The fourth-order valence-electron chi connectivity index (χ4n) is 1.38. The van der Waals surface area contributed by atoms with Gasteiger partial charge in [0.05, 0.1) is 24.9 Å². The number of nitriles is 1. The molecule has 0 atom stereocenters. The van der Waals surface area contributed by atoms with Crippen molar-refractivity contribution in [3.8, 4) is 6.07 Å². The Morgan fingerprint density at radius 3 is 2.50 bits per heavy atom. The van der Waals surface area contributed by atoms with Crippen LogP contribution in [0.3, 0.4) is 0 Å². The molecule has 0 aromatic carbocycles. The Labute approximate surface area is 140 Å². The Hall–Kier alpha value is -3.16. The van der Waals surface area contributed by atoms with Crippen LogP contribution in [0.4, 0.5) is 5.00 Å². The molecular formula is C14H13N3O6S. The van der Waals surface area contributed by atoms with Gasteiger partial charge in [0.1, 0.15) is 16.8 Å². The maximum Gasteiger partial charge on any atom is 0.414 e. The molecule has 0 bridgehead atoms. The maximum absolute atomic E-state index is 11.6. The highest BCUT2D eigenvalue weighted by molar-refractivity contribution is 7.14. The van der Waals surface area contributed by atoms with Crippen LogP contribution in [-0.2, 0) is 20.9 Å². The number of carbonyl (C=O) groups excluding carboxylic acids is 1. The van der Waals surface area contributed by atoms with Crippen LogP contribution in [0.5, 0.6) is 0 Å². The fraction of sp³-hybridized carbons (Fsp3) is 0.143. The van der Waals surface area contributed by atoms with Gasteiger partial charge in [-0.05, 0) is 23.6 Å². The first-order valence-electron chi connectivity index (χ1n) is 6.40. The molecule has 2 aromatic rings.